The molecule has 1 aromatic rings. The van der Waals surface area contributed by atoms with E-state index in [9.17, 15) is 4.79 Å². The molecule has 0 unspecified atom stereocenters. The molecule has 1 aromatic heterocycles. The summed E-state index contributed by atoms with van der Waals surface area (Å²) >= 11 is 0. The largest absolute Gasteiger partial charge is 0.351 e. The summed E-state index contributed by atoms with van der Waals surface area (Å²) < 4.78 is 2.39. The van der Waals surface area contributed by atoms with E-state index in [4.69, 9.17) is 0 Å². The Morgan fingerprint density at radius 2 is 1.91 bits per heavy atom. The van der Waals surface area contributed by atoms with Gasteiger partial charge < -0.3 is 15.2 Å². The second-order valence-electron chi connectivity index (χ2n) is 6.06. The summed E-state index contributed by atoms with van der Waals surface area (Å²) in [5.41, 5.74) is 3.19. The summed E-state index contributed by atoms with van der Waals surface area (Å²) in [6, 6.07) is 2.63. The van der Waals surface area contributed by atoms with E-state index in [1.54, 1.807) is 0 Å². The van der Waals surface area contributed by atoms with Gasteiger partial charge >= 0.3 is 0 Å². The highest BCUT2D eigenvalue weighted by Gasteiger charge is 2.22. The first-order chi connectivity index (χ1) is 10.1. The molecular weight excluding hydrogens is 298 g/mol. The molecule has 4 nitrogen and oxygen atoms in total. The van der Waals surface area contributed by atoms with Crippen molar-refractivity contribution in [3.63, 3.8) is 0 Å². The van der Waals surface area contributed by atoms with Crippen LogP contribution in [0.1, 0.15) is 66.8 Å². The van der Waals surface area contributed by atoms with Crippen LogP contribution in [0.2, 0.25) is 0 Å². The van der Waals surface area contributed by atoms with Crippen molar-refractivity contribution < 1.29 is 4.79 Å². The van der Waals surface area contributed by atoms with Crippen LogP contribution >= 0.6 is 12.4 Å². The maximum absolute atomic E-state index is 12.3. The van der Waals surface area contributed by atoms with E-state index in [-0.39, 0.29) is 18.3 Å². The standard InChI is InChI=1S/C17H29N3O.ClH/c1-4-18-10-11-19-17(21)16-12-13(2)20(14(16)3)15-8-6-5-7-9-15;/h12,15,18H,4-11H2,1-3H3,(H,19,21);1H. The van der Waals surface area contributed by atoms with Crippen LogP contribution in [0, 0.1) is 13.8 Å². The predicted molar refractivity (Wildman–Crippen MR) is 94.2 cm³/mol. The summed E-state index contributed by atoms with van der Waals surface area (Å²) in [7, 11) is 0. The Morgan fingerprint density at radius 1 is 1.23 bits per heavy atom. The number of halogens is 1. The van der Waals surface area contributed by atoms with Gasteiger partial charge in [-0.1, -0.05) is 26.2 Å². The van der Waals surface area contributed by atoms with Crippen LogP contribution in [0.25, 0.3) is 0 Å². The normalized spacial score (nSPS) is 15.4. The third kappa shape index (κ3) is 4.50. The lowest BCUT2D eigenvalue weighted by Crippen LogP contribution is -2.32. The second-order valence-corrected chi connectivity index (χ2v) is 6.06. The smallest absolute Gasteiger partial charge is 0.253 e. The van der Waals surface area contributed by atoms with Crippen molar-refractivity contribution in [2.24, 2.45) is 0 Å². The number of hydrogen-bond donors (Lipinski definition) is 2. The third-order valence-corrected chi connectivity index (χ3v) is 4.51. The SMILES string of the molecule is CCNCCNC(=O)c1cc(C)n(C2CCCCC2)c1C.Cl. The first kappa shape index (κ1) is 19.0. The minimum atomic E-state index is 0. The molecule has 0 radical (unpaired) electrons. The minimum Gasteiger partial charge on any atom is -0.351 e. The molecule has 1 heterocycles. The van der Waals surface area contributed by atoms with Gasteiger partial charge in [0.2, 0.25) is 0 Å². The molecule has 0 bridgehead atoms. The maximum Gasteiger partial charge on any atom is 0.253 e. The molecule has 126 valence electrons. The molecule has 0 spiro atoms. The average molecular weight is 328 g/mol. The maximum atomic E-state index is 12.3. The summed E-state index contributed by atoms with van der Waals surface area (Å²) in [5, 5.41) is 6.22. The fourth-order valence-electron chi connectivity index (χ4n) is 3.44. The number of likely N-dealkylation sites (N-methyl/N-ethyl adjacent to an activating group) is 1. The number of carbonyl (C=O) groups is 1. The van der Waals surface area contributed by atoms with Gasteiger partial charge in [0, 0.05) is 30.5 Å². The summed E-state index contributed by atoms with van der Waals surface area (Å²) in [6.07, 6.45) is 6.47. The molecule has 0 atom stereocenters. The molecule has 0 saturated heterocycles. The van der Waals surface area contributed by atoms with Gasteiger partial charge in [-0.2, -0.15) is 0 Å². The van der Waals surface area contributed by atoms with E-state index < -0.39 is 0 Å². The van der Waals surface area contributed by atoms with Crippen LogP contribution in [-0.2, 0) is 0 Å². The number of hydrogen-bond acceptors (Lipinski definition) is 2. The Kier molecular flexibility index (Phi) is 7.97. The van der Waals surface area contributed by atoms with Gasteiger partial charge in [-0.25, -0.2) is 0 Å². The zero-order valence-electron chi connectivity index (χ0n) is 14.1. The molecule has 2 N–H and O–H groups in total. The van der Waals surface area contributed by atoms with Crippen LogP contribution < -0.4 is 10.6 Å². The van der Waals surface area contributed by atoms with Crippen molar-refractivity contribution in [1.29, 1.82) is 0 Å². The van der Waals surface area contributed by atoms with Crippen molar-refractivity contribution >= 4 is 18.3 Å². The average Bonchev–Trinajstić information content (AvgIpc) is 2.79. The number of aromatic nitrogens is 1. The fraction of sp³-hybridized carbons (Fsp3) is 0.706. The Bertz CT molecular complexity index is 478. The molecular formula is C17H30ClN3O. The molecule has 0 aliphatic heterocycles. The first-order valence-electron chi connectivity index (χ1n) is 8.32. The topological polar surface area (TPSA) is 46.1 Å². The molecule has 1 saturated carbocycles. The molecule has 1 aliphatic rings. The van der Waals surface area contributed by atoms with E-state index >= 15 is 0 Å². The lowest BCUT2D eigenvalue weighted by molar-refractivity contribution is 0.0953. The van der Waals surface area contributed by atoms with E-state index in [0.29, 0.717) is 12.6 Å². The highest BCUT2D eigenvalue weighted by Crippen LogP contribution is 2.32. The Hall–Kier alpha value is -1.00. The Morgan fingerprint density at radius 3 is 2.55 bits per heavy atom. The lowest BCUT2D eigenvalue weighted by atomic mass is 9.95. The van der Waals surface area contributed by atoms with Crippen LogP contribution in [0.3, 0.4) is 0 Å². The lowest BCUT2D eigenvalue weighted by Gasteiger charge is -2.26. The van der Waals surface area contributed by atoms with Crippen LogP contribution in [0.5, 0.6) is 0 Å². The molecule has 0 aromatic carbocycles. The highest BCUT2D eigenvalue weighted by atomic mass is 35.5. The van der Waals surface area contributed by atoms with Gasteiger partial charge in [-0.05, 0) is 39.3 Å². The molecule has 5 heteroatoms. The molecule has 1 aliphatic carbocycles. The van der Waals surface area contributed by atoms with E-state index in [0.717, 1.165) is 24.3 Å². The molecule has 1 amide bonds. The number of nitrogens with zero attached hydrogens (tertiary/aromatic N) is 1. The predicted octanol–water partition coefficient (Wildman–Crippen LogP) is 3.37. The van der Waals surface area contributed by atoms with Gasteiger partial charge in [0.05, 0.1) is 5.56 Å². The van der Waals surface area contributed by atoms with Gasteiger partial charge in [0.1, 0.15) is 0 Å². The highest BCUT2D eigenvalue weighted by molar-refractivity contribution is 5.95. The Labute approximate surface area is 140 Å². The zero-order valence-corrected chi connectivity index (χ0v) is 14.9. The van der Waals surface area contributed by atoms with E-state index in [1.165, 1.54) is 37.8 Å². The number of nitrogens with one attached hydrogen (secondary N) is 2. The summed E-state index contributed by atoms with van der Waals surface area (Å²) in [4.78, 5) is 12.3. The number of amides is 1. The minimum absolute atomic E-state index is 0. The van der Waals surface area contributed by atoms with Crippen LogP contribution in [0.15, 0.2) is 6.07 Å². The van der Waals surface area contributed by atoms with Crippen LogP contribution in [0.4, 0.5) is 0 Å². The molecule has 1 fully saturated rings. The zero-order chi connectivity index (χ0) is 15.2. The first-order valence-corrected chi connectivity index (χ1v) is 8.32. The van der Waals surface area contributed by atoms with Crippen molar-refractivity contribution in [2.45, 2.75) is 58.9 Å². The van der Waals surface area contributed by atoms with E-state index in [1.807, 2.05) is 6.07 Å². The van der Waals surface area contributed by atoms with Gasteiger partial charge in [-0.15, -0.1) is 12.4 Å². The van der Waals surface area contributed by atoms with Gasteiger partial charge in [-0.3, -0.25) is 4.79 Å². The molecule has 2 rings (SSSR count). The fourth-order valence-corrected chi connectivity index (χ4v) is 3.44. The van der Waals surface area contributed by atoms with Gasteiger partial charge in [0.25, 0.3) is 5.91 Å². The van der Waals surface area contributed by atoms with Crippen molar-refractivity contribution in [1.82, 2.24) is 15.2 Å². The van der Waals surface area contributed by atoms with Crippen molar-refractivity contribution in [3.05, 3.63) is 23.0 Å². The van der Waals surface area contributed by atoms with Crippen molar-refractivity contribution in [2.75, 3.05) is 19.6 Å². The summed E-state index contributed by atoms with van der Waals surface area (Å²) in [6.45, 7) is 8.72. The second kappa shape index (κ2) is 9.21. The number of carbonyl (C=O) groups excluding carboxylic acids is 1. The monoisotopic (exact) mass is 327 g/mol. The van der Waals surface area contributed by atoms with Crippen molar-refractivity contribution in [3.8, 4) is 0 Å². The number of rotatable bonds is 6. The summed E-state index contributed by atoms with van der Waals surface area (Å²) in [5.74, 6) is 0.0584. The van der Waals surface area contributed by atoms with E-state index in [2.05, 4.69) is 36.0 Å². The van der Waals surface area contributed by atoms with Crippen LogP contribution in [-0.4, -0.2) is 30.1 Å². The Balaban J connectivity index is 0.00000242. The quantitative estimate of drug-likeness (QED) is 0.787. The third-order valence-electron chi connectivity index (χ3n) is 4.51. The number of aryl methyl sites for hydroxylation is 1. The molecule has 22 heavy (non-hydrogen) atoms. The van der Waals surface area contributed by atoms with Gasteiger partial charge in [0.15, 0.2) is 0 Å².